The van der Waals surface area contributed by atoms with Crippen LogP contribution in [0.2, 0.25) is 0 Å². The van der Waals surface area contributed by atoms with Gasteiger partial charge in [0.25, 0.3) is 0 Å². The van der Waals surface area contributed by atoms with Gasteiger partial charge in [-0.1, -0.05) is 24.3 Å². The van der Waals surface area contributed by atoms with Gasteiger partial charge < -0.3 is 0 Å². The SMILES string of the molecule is Cc1ccccc1C1(C)COO1. The molecule has 1 atom stereocenters. The summed E-state index contributed by atoms with van der Waals surface area (Å²) in [5, 5.41) is 0. The number of rotatable bonds is 1. The zero-order chi connectivity index (χ0) is 8.60. The molecule has 2 heteroatoms. The first-order valence-corrected chi connectivity index (χ1v) is 4.09. The highest BCUT2D eigenvalue weighted by Gasteiger charge is 2.38. The van der Waals surface area contributed by atoms with Gasteiger partial charge in [0.1, 0.15) is 6.61 Å². The molecule has 0 saturated carbocycles. The Morgan fingerprint density at radius 3 is 2.50 bits per heavy atom. The van der Waals surface area contributed by atoms with E-state index in [0.29, 0.717) is 6.61 Å². The Bertz CT molecular complexity index is 290. The average Bonchev–Trinajstić information content (AvgIpc) is 2.01. The van der Waals surface area contributed by atoms with Crippen molar-refractivity contribution in [1.29, 1.82) is 0 Å². The lowest BCUT2D eigenvalue weighted by Gasteiger charge is -2.37. The number of hydrogen-bond acceptors (Lipinski definition) is 2. The van der Waals surface area contributed by atoms with Gasteiger partial charge in [-0.2, -0.15) is 0 Å². The average molecular weight is 164 g/mol. The topological polar surface area (TPSA) is 18.5 Å². The number of hydrogen-bond donors (Lipinski definition) is 0. The largest absolute Gasteiger partial charge is 0.232 e. The first-order chi connectivity index (χ1) is 5.72. The molecule has 1 aliphatic heterocycles. The van der Waals surface area contributed by atoms with Crippen molar-refractivity contribution in [2.45, 2.75) is 19.4 Å². The molecule has 1 aromatic carbocycles. The summed E-state index contributed by atoms with van der Waals surface area (Å²) in [7, 11) is 0. The fourth-order valence-electron chi connectivity index (χ4n) is 1.52. The summed E-state index contributed by atoms with van der Waals surface area (Å²) in [6, 6.07) is 8.22. The predicted molar refractivity (Wildman–Crippen MR) is 45.6 cm³/mol. The smallest absolute Gasteiger partial charge is 0.152 e. The zero-order valence-electron chi connectivity index (χ0n) is 7.33. The van der Waals surface area contributed by atoms with Gasteiger partial charge in [0.15, 0.2) is 5.60 Å². The van der Waals surface area contributed by atoms with Crippen LogP contribution in [0.3, 0.4) is 0 Å². The molecule has 2 nitrogen and oxygen atoms in total. The van der Waals surface area contributed by atoms with E-state index >= 15 is 0 Å². The van der Waals surface area contributed by atoms with E-state index in [1.807, 2.05) is 19.1 Å². The Hall–Kier alpha value is -0.860. The molecule has 1 aliphatic rings. The van der Waals surface area contributed by atoms with Crippen LogP contribution in [-0.2, 0) is 15.4 Å². The standard InChI is InChI=1S/C10H12O2/c1-8-5-3-4-6-9(8)10(2)7-11-12-10/h3-6H,7H2,1-2H3. The van der Waals surface area contributed by atoms with Crippen LogP contribution in [0, 0.1) is 6.92 Å². The van der Waals surface area contributed by atoms with Crippen LogP contribution >= 0.6 is 0 Å². The van der Waals surface area contributed by atoms with Crippen molar-refractivity contribution in [2.75, 3.05) is 6.61 Å². The summed E-state index contributed by atoms with van der Waals surface area (Å²) in [6.07, 6.45) is 0. The fraction of sp³-hybridized carbons (Fsp3) is 0.400. The van der Waals surface area contributed by atoms with E-state index in [2.05, 4.69) is 19.1 Å². The molecule has 1 fully saturated rings. The van der Waals surface area contributed by atoms with E-state index in [4.69, 9.17) is 9.78 Å². The van der Waals surface area contributed by atoms with Crippen LogP contribution in [0.1, 0.15) is 18.1 Å². The molecule has 1 aromatic rings. The summed E-state index contributed by atoms with van der Waals surface area (Å²) in [5.41, 5.74) is 2.25. The maximum atomic E-state index is 5.09. The highest BCUT2D eigenvalue weighted by atomic mass is 17.2. The maximum absolute atomic E-state index is 5.09. The summed E-state index contributed by atoms with van der Waals surface area (Å²) < 4.78 is 0. The minimum Gasteiger partial charge on any atom is -0.232 e. The van der Waals surface area contributed by atoms with Crippen molar-refractivity contribution < 1.29 is 9.78 Å². The molecule has 12 heavy (non-hydrogen) atoms. The molecule has 64 valence electrons. The summed E-state index contributed by atoms with van der Waals surface area (Å²) in [5.74, 6) is 0. The Kier molecular flexibility index (Phi) is 1.67. The number of aryl methyl sites for hydroxylation is 1. The molecule has 0 aliphatic carbocycles. The van der Waals surface area contributed by atoms with Gasteiger partial charge in [-0.05, 0) is 25.0 Å². The van der Waals surface area contributed by atoms with Gasteiger partial charge >= 0.3 is 0 Å². The summed E-state index contributed by atoms with van der Waals surface area (Å²) in [4.78, 5) is 9.83. The van der Waals surface area contributed by atoms with Crippen LogP contribution in [-0.4, -0.2) is 6.61 Å². The van der Waals surface area contributed by atoms with Gasteiger partial charge in [-0.25, -0.2) is 9.78 Å². The quantitative estimate of drug-likeness (QED) is 0.592. The van der Waals surface area contributed by atoms with Gasteiger partial charge in [0, 0.05) is 0 Å². The van der Waals surface area contributed by atoms with E-state index in [9.17, 15) is 0 Å². The molecular weight excluding hydrogens is 152 g/mol. The third-order valence-electron chi connectivity index (χ3n) is 2.29. The molecule has 1 saturated heterocycles. The molecule has 0 spiro atoms. The Labute approximate surface area is 72.0 Å². The molecule has 2 rings (SSSR count). The van der Waals surface area contributed by atoms with Gasteiger partial charge in [-0.3, -0.25) is 0 Å². The van der Waals surface area contributed by atoms with E-state index in [0.717, 1.165) is 0 Å². The molecule has 0 amide bonds. The fourth-order valence-corrected chi connectivity index (χ4v) is 1.52. The van der Waals surface area contributed by atoms with E-state index in [1.54, 1.807) is 0 Å². The molecular formula is C10H12O2. The highest BCUT2D eigenvalue weighted by molar-refractivity contribution is 5.31. The van der Waals surface area contributed by atoms with Crippen molar-refractivity contribution >= 4 is 0 Å². The Morgan fingerprint density at radius 1 is 1.33 bits per heavy atom. The van der Waals surface area contributed by atoms with Crippen LogP contribution in [0.25, 0.3) is 0 Å². The monoisotopic (exact) mass is 164 g/mol. The Morgan fingerprint density at radius 2 is 2.00 bits per heavy atom. The molecule has 0 aromatic heterocycles. The minimum atomic E-state index is -0.217. The number of benzene rings is 1. The van der Waals surface area contributed by atoms with Crippen molar-refractivity contribution in [3.05, 3.63) is 35.4 Å². The van der Waals surface area contributed by atoms with Gasteiger partial charge in [-0.15, -0.1) is 0 Å². The lowest BCUT2D eigenvalue weighted by atomic mass is 9.92. The molecule has 0 N–H and O–H groups in total. The molecule has 0 radical (unpaired) electrons. The Balaban J connectivity index is 2.39. The second-order valence-corrected chi connectivity index (χ2v) is 3.39. The van der Waals surface area contributed by atoms with Crippen LogP contribution in [0.4, 0.5) is 0 Å². The zero-order valence-corrected chi connectivity index (χ0v) is 7.33. The second-order valence-electron chi connectivity index (χ2n) is 3.39. The first-order valence-electron chi connectivity index (χ1n) is 4.09. The van der Waals surface area contributed by atoms with Crippen LogP contribution in [0.15, 0.2) is 24.3 Å². The van der Waals surface area contributed by atoms with E-state index in [1.165, 1.54) is 11.1 Å². The molecule has 1 unspecified atom stereocenters. The van der Waals surface area contributed by atoms with Crippen molar-refractivity contribution in [3.63, 3.8) is 0 Å². The minimum absolute atomic E-state index is 0.217. The van der Waals surface area contributed by atoms with E-state index in [-0.39, 0.29) is 5.60 Å². The first kappa shape index (κ1) is 7.77. The lowest BCUT2D eigenvalue weighted by molar-refractivity contribution is -0.474. The normalized spacial score (nSPS) is 28.2. The third kappa shape index (κ3) is 1.04. The van der Waals surface area contributed by atoms with Crippen molar-refractivity contribution in [1.82, 2.24) is 0 Å². The van der Waals surface area contributed by atoms with Crippen LogP contribution < -0.4 is 0 Å². The molecule has 0 bridgehead atoms. The second kappa shape index (κ2) is 2.57. The molecule has 1 heterocycles. The van der Waals surface area contributed by atoms with Crippen LogP contribution in [0.5, 0.6) is 0 Å². The van der Waals surface area contributed by atoms with Gasteiger partial charge in [0.05, 0.1) is 0 Å². The van der Waals surface area contributed by atoms with E-state index < -0.39 is 0 Å². The van der Waals surface area contributed by atoms with Gasteiger partial charge in [0.2, 0.25) is 0 Å². The predicted octanol–water partition coefficient (Wildman–Crippen LogP) is 2.17. The van der Waals surface area contributed by atoms with Crippen molar-refractivity contribution in [3.8, 4) is 0 Å². The highest BCUT2D eigenvalue weighted by Crippen LogP contribution is 2.34. The lowest BCUT2D eigenvalue weighted by Crippen LogP contribution is -2.42. The third-order valence-corrected chi connectivity index (χ3v) is 2.29. The van der Waals surface area contributed by atoms with Crippen molar-refractivity contribution in [2.24, 2.45) is 0 Å². The summed E-state index contributed by atoms with van der Waals surface area (Å²) in [6.45, 7) is 4.78. The maximum Gasteiger partial charge on any atom is 0.152 e. The summed E-state index contributed by atoms with van der Waals surface area (Å²) >= 11 is 0.